The Labute approximate surface area is 128 Å². The van der Waals surface area contributed by atoms with Crippen LogP contribution < -0.4 is 10.1 Å². The maximum absolute atomic E-state index is 5.51. The number of nitrogens with one attached hydrogen (secondary N) is 1. The summed E-state index contributed by atoms with van der Waals surface area (Å²) in [4.78, 5) is 0. The van der Waals surface area contributed by atoms with Crippen molar-refractivity contribution in [1.29, 1.82) is 0 Å². The molecule has 0 radical (unpaired) electrons. The molecule has 3 heteroatoms. The van der Waals surface area contributed by atoms with E-state index in [2.05, 4.69) is 24.4 Å². The van der Waals surface area contributed by atoms with Crippen molar-refractivity contribution in [3.63, 3.8) is 0 Å². The van der Waals surface area contributed by atoms with E-state index in [9.17, 15) is 0 Å². The van der Waals surface area contributed by atoms with Crippen LogP contribution in [0.4, 0.5) is 0 Å². The highest BCUT2D eigenvalue weighted by Crippen LogP contribution is 2.20. The molecule has 2 rings (SSSR count). The molecule has 0 amide bonds. The second-order valence-electron chi connectivity index (χ2n) is 5.56. The molecule has 0 aromatic heterocycles. The molecule has 1 heterocycles. The third-order valence-electron chi connectivity index (χ3n) is 3.93. The monoisotopic (exact) mass is 289 g/mol. The van der Waals surface area contributed by atoms with E-state index in [0.717, 1.165) is 51.0 Å². The van der Waals surface area contributed by atoms with Crippen molar-refractivity contribution >= 4 is 0 Å². The van der Waals surface area contributed by atoms with Gasteiger partial charge in [-0.25, -0.2) is 0 Å². The van der Waals surface area contributed by atoms with Gasteiger partial charge in [-0.1, -0.05) is 19.1 Å². The number of hydrogen-bond acceptors (Lipinski definition) is 3. The largest absolute Gasteiger partial charge is 0.501 e. The summed E-state index contributed by atoms with van der Waals surface area (Å²) in [5.41, 5.74) is 2.78. The Balaban J connectivity index is 1.92. The van der Waals surface area contributed by atoms with Gasteiger partial charge in [0.2, 0.25) is 0 Å². The molecular weight excluding hydrogens is 262 g/mol. The van der Waals surface area contributed by atoms with Gasteiger partial charge in [0.05, 0.1) is 20.0 Å². The lowest BCUT2D eigenvalue weighted by Gasteiger charge is -2.24. The SMILES string of the molecule is CCCNC(CCc1ccc(OC)cc1)C1=COCCC1. The standard InChI is InChI=1S/C18H27NO2/c1-3-12-19-18(16-5-4-13-21-14-16)11-8-15-6-9-17(20-2)10-7-15/h6-7,9-10,14,18-19H,3-5,8,11-13H2,1-2H3. The average Bonchev–Trinajstić information content (AvgIpc) is 2.56. The van der Waals surface area contributed by atoms with Crippen LogP contribution in [0.3, 0.4) is 0 Å². The highest BCUT2D eigenvalue weighted by Gasteiger charge is 2.16. The van der Waals surface area contributed by atoms with Crippen LogP contribution in [0.2, 0.25) is 0 Å². The Morgan fingerprint density at radius 1 is 1.29 bits per heavy atom. The van der Waals surface area contributed by atoms with Gasteiger partial charge in [-0.3, -0.25) is 0 Å². The van der Waals surface area contributed by atoms with E-state index in [1.165, 1.54) is 11.1 Å². The zero-order valence-electron chi connectivity index (χ0n) is 13.2. The fraction of sp³-hybridized carbons (Fsp3) is 0.556. The first-order chi connectivity index (χ1) is 10.3. The Morgan fingerprint density at radius 2 is 2.10 bits per heavy atom. The molecule has 116 valence electrons. The fourth-order valence-corrected chi connectivity index (χ4v) is 2.68. The molecule has 3 nitrogen and oxygen atoms in total. The van der Waals surface area contributed by atoms with Crippen molar-refractivity contribution in [3.05, 3.63) is 41.7 Å². The van der Waals surface area contributed by atoms with Crippen LogP contribution in [-0.2, 0) is 11.2 Å². The van der Waals surface area contributed by atoms with Crippen molar-refractivity contribution < 1.29 is 9.47 Å². The second kappa shape index (κ2) is 8.73. The summed E-state index contributed by atoms with van der Waals surface area (Å²) in [5, 5.41) is 3.66. The van der Waals surface area contributed by atoms with Gasteiger partial charge in [0.25, 0.3) is 0 Å². The number of rotatable bonds is 8. The summed E-state index contributed by atoms with van der Waals surface area (Å²) >= 11 is 0. The van der Waals surface area contributed by atoms with Crippen LogP contribution in [0.15, 0.2) is 36.1 Å². The third-order valence-corrected chi connectivity index (χ3v) is 3.93. The normalized spacial score (nSPS) is 16.0. The maximum atomic E-state index is 5.51. The Kier molecular flexibility index (Phi) is 6.61. The number of aryl methyl sites for hydroxylation is 1. The first-order valence-electron chi connectivity index (χ1n) is 8.00. The minimum atomic E-state index is 0.437. The molecule has 1 N–H and O–H groups in total. The zero-order valence-corrected chi connectivity index (χ0v) is 13.2. The van der Waals surface area contributed by atoms with E-state index in [1.807, 2.05) is 18.4 Å². The predicted octanol–water partition coefficient (Wildman–Crippen LogP) is 3.69. The molecule has 1 aliphatic rings. The zero-order chi connectivity index (χ0) is 14.9. The molecule has 21 heavy (non-hydrogen) atoms. The van der Waals surface area contributed by atoms with Crippen LogP contribution in [0.1, 0.15) is 38.2 Å². The van der Waals surface area contributed by atoms with Crippen molar-refractivity contribution in [2.24, 2.45) is 0 Å². The minimum Gasteiger partial charge on any atom is -0.501 e. The van der Waals surface area contributed by atoms with Gasteiger partial charge in [0.15, 0.2) is 0 Å². The van der Waals surface area contributed by atoms with Gasteiger partial charge in [-0.15, -0.1) is 0 Å². The Bertz CT molecular complexity index is 439. The number of benzene rings is 1. The van der Waals surface area contributed by atoms with E-state index in [4.69, 9.17) is 9.47 Å². The van der Waals surface area contributed by atoms with Crippen molar-refractivity contribution in [2.75, 3.05) is 20.3 Å². The van der Waals surface area contributed by atoms with Crippen molar-refractivity contribution in [1.82, 2.24) is 5.32 Å². The van der Waals surface area contributed by atoms with Crippen LogP contribution in [-0.4, -0.2) is 26.3 Å². The third kappa shape index (κ3) is 5.09. The van der Waals surface area contributed by atoms with Crippen molar-refractivity contribution in [2.45, 2.75) is 45.1 Å². The van der Waals surface area contributed by atoms with E-state index >= 15 is 0 Å². The molecule has 1 aromatic carbocycles. The molecular formula is C18H27NO2. The van der Waals surface area contributed by atoms with Gasteiger partial charge in [0, 0.05) is 6.04 Å². The summed E-state index contributed by atoms with van der Waals surface area (Å²) in [6.45, 7) is 4.13. The lowest BCUT2D eigenvalue weighted by molar-refractivity contribution is 0.218. The molecule has 0 saturated heterocycles. The molecule has 0 spiro atoms. The molecule has 1 atom stereocenters. The second-order valence-corrected chi connectivity index (χ2v) is 5.56. The molecule has 0 fully saturated rings. The quantitative estimate of drug-likeness (QED) is 0.791. The van der Waals surface area contributed by atoms with Crippen molar-refractivity contribution in [3.8, 4) is 5.75 Å². The summed E-state index contributed by atoms with van der Waals surface area (Å²) in [7, 11) is 1.70. The number of methoxy groups -OCH3 is 1. The molecule has 1 unspecified atom stereocenters. The first-order valence-corrected chi connectivity index (χ1v) is 8.00. The van der Waals surface area contributed by atoms with Crippen LogP contribution in [0.25, 0.3) is 0 Å². The van der Waals surface area contributed by atoms with Gasteiger partial charge < -0.3 is 14.8 Å². The van der Waals surface area contributed by atoms with Gasteiger partial charge in [-0.05, 0) is 61.9 Å². The summed E-state index contributed by atoms with van der Waals surface area (Å²) in [5.74, 6) is 0.919. The fourth-order valence-electron chi connectivity index (χ4n) is 2.68. The van der Waals surface area contributed by atoms with Gasteiger partial charge in [-0.2, -0.15) is 0 Å². The van der Waals surface area contributed by atoms with Crippen LogP contribution in [0.5, 0.6) is 5.75 Å². The summed E-state index contributed by atoms with van der Waals surface area (Å²) < 4.78 is 10.7. The highest BCUT2D eigenvalue weighted by atomic mass is 16.5. The average molecular weight is 289 g/mol. The van der Waals surface area contributed by atoms with E-state index < -0.39 is 0 Å². The van der Waals surface area contributed by atoms with E-state index in [0.29, 0.717) is 6.04 Å². The topological polar surface area (TPSA) is 30.5 Å². The smallest absolute Gasteiger partial charge is 0.118 e. The van der Waals surface area contributed by atoms with Crippen LogP contribution in [0, 0.1) is 0 Å². The Hall–Kier alpha value is -1.48. The number of hydrogen-bond donors (Lipinski definition) is 1. The minimum absolute atomic E-state index is 0.437. The van der Waals surface area contributed by atoms with Gasteiger partial charge in [0.1, 0.15) is 5.75 Å². The predicted molar refractivity (Wildman–Crippen MR) is 86.7 cm³/mol. The Morgan fingerprint density at radius 3 is 2.71 bits per heavy atom. The highest BCUT2D eigenvalue weighted by molar-refractivity contribution is 5.27. The lowest BCUT2D eigenvalue weighted by atomic mass is 9.95. The van der Waals surface area contributed by atoms with Crippen LogP contribution >= 0.6 is 0 Å². The number of ether oxygens (including phenoxy) is 2. The molecule has 1 aliphatic heterocycles. The van der Waals surface area contributed by atoms with Gasteiger partial charge >= 0.3 is 0 Å². The van der Waals surface area contributed by atoms with E-state index in [-0.39, 0.29) is 0 Å². The molecule has 1 aromatic rings. The van der Waals surface area contributed by atoms with E-state index in [1.54, 1.807) is 7.11 Å². The molecule has 0 saturated carbocycles. The summed E-state index contributed by atoms with van der Waals surface area (Å²) in [6, 6.07) is 8.81. The first kappa shape index (κ1) is 15.9. The summed E-state index contributed by atoms with van der Waals surface area (Å²) in [6.07, 6.45) is 7.62. The molecule has 0 aliphatic carbocycles. The maximum Gasteiger partial charge on any atom is 0.118 e. The lowest BCUT2D eigenvalue weighted by Crippen LogP contribution is -2.33. The molecule has 0 bridgehead atoms.